The number of sulfonamides is 1. The van der Waals surface area contributed by atoms with Crippen LogP contribution in [0.2, 0.25) is 5.02 Å². The number of hydrogen-bond donors (Lipinski definition) is 1. The van der Waals surface area contributed by atoms with Gasteiger partial charge in [0.1, 0.15) is 21.0 Å². The Morgan fingerprint density at radius 1 is 1.08 bits per heavy atom. The van der Waals surface area contributed by atoms with Crippen LogP contribution in [0.15, 0.2) is 59.6 Å². The maximum absolute atomic E-state index is 12.8. The Morgan fingerprint density at radius 2 is 1.88 bits per heavy atom. The molecule has 132 valence electrons. The number of hydrogen-bond acceptors (Lipinski definition) is 6. The molecule has 26 heavy (non-hydrogen) atoms. The lowest BCUT2D eigenvalue weighted by molar-refractivity contribution is 0.601. The molecule has 0 atom stereocenters. The van der Waals surface area contributed by atoms with Crippen molar-refractivity contribution < 1.29 is 8.42 Å². The number of aromatic nitrogens is 4. The molecule has 0 aliphatic rings. The van der Waals surface area contributed by atoms with Crippen molar-refractivity contribution >= 4 is 50.2 Å². The molecule has 0 fully saturated rings. The normalized spacial score (nSPS) is 11.7. The summed E-state index contributed by atoms with van der Waals surface area (Å²) in [6.45, 7) is 0.480. The van der Waals surface area contributed by atoms with Gasteiger partial charge in [0, 0.05) is 6.20 Å². The summed E-state index contributed by atoms with van der Waals surface area (Å²) in [5.74, 6) is 0.0720. The summed E-state index contributed by atoms with van der Waals surface area (Å²) in [6.07, 6.45) is 1.58. The highest BCUT2D eigenvalue weighted by molar-refractivity contribution is 7.93. The molecule has 1 N–H and O–H groups in total. The quantitative estimate of drug-likeness (QED) is 0.549. The van der Waals surface area contributed by atoms with Gasteiger partial charge in [-0.1, -0.05) is 48.0 Å². The van der Waals surface area contributed by atoms with E-state index in [1.165, 1.54) is 6.07 Å². The van der Waals surface area contributed by atoms with Crippen molar-refractivity contribution in [3.63, 3.8) is 0 Å². The van der Waals surface area contributed by atoms with E-state index in [9.17, 15) is 8.42 Å². The number of nitrogens with one attached hydrogen (secondary N) is 1. The van der Waals surface area contributed by atoms with Crippen LogP contribution in [0.1, 0.15) is 5.56 Å². The Bertz CT molecular complexity index is 1170. The molecule has 0 aliphatic heterocycles. The minimum absolute atomic E-state index is 0.0393. The summed E-state index contributed by atoms with van der Waals surface area (Å²) in [5.41, 5.74) is 1.88. The largest absolute Gasteiger partial charge is 0.265 e. The smallest absolute Gasteiger partial charge is 0.265 e. The van der Waals surface area contributed by atoms with Gasteiger partial charge < -0.3 is 0 Å². The molecule has 0 aliphatic carbocycles. The molecule has 0 radical (unpaired) electrons. The van der Waals surface area contributed by atoms with E-state index >= 15 is 0 Å². The Balaban J connectivity index is 1.63. The van der Waals surface area contributed by atoms with Crippen molar-refractivity contribution in [1.29, 1.82) is 0 Å². The van der Waals surface area contributed by atoms with Crippen LogP contribution in [-0.2, 0) is 16.6 Å². The number of benzene rings is 2. The Hall–Kier alpha value is -2.49. The molecular weight excluding hydrogens is 394 g/mol. The molecule has 0 bridgehead atoms. The van der Waals surface area contributed by atoms with E-state index in [0.29, 0.717) is 17.6 Å². The lowest BCUT2D eigenvalue weighted by atomic mass is 10.2. The van der Waals surface area contributed by atoms with E-state index in [2.05, 4.69) is 18.6 Å². The average molecular weight is 406 g/mol. The fraction of sp³-hybridized carbons (Fsp3) is 0.0625. The average Bonchev–Trinajstić information content (AvgIpc) is 3.22. The highest BCUT2D eigenvalue weighted by Crippen LogP contribution is 2.26. The minimum Gasteiger partial charge on any atom is -0.265 e. The van der Waals surface area contributed by atoms with Crippen LogP contribution in [0.5, 0.6) is 0 Å². The van der Waals surface area contributed by atoms with Crippen molar-refractivity contribution in [2.24, 2.45) is 0 Å². The first-order valence-corrected chi connectivity index (χ1v) is 10.1. The van der Waals surface area contributed by atoms with E-state index in [-0.39, 0.29) is 15.7 Å². The van der Waals surface area contributed by atoms with Crippen molar-refractivity contribution in [2.75, 3.05) is 4.72 Å². The predicted molar refractivity (Wildman–Crippen MR) is 101 cm³/mol. The second kappa shape index (κ2) is 6.67. The molecule has 0 saturated heterocycles. The molecule has 7 nitrogen and oxygen atoms in total. The fourth-order valence-electron chi connectivity index (χ4n) is 2.50. The van der Waals surface area contributed by atoms with Crippen molar-refractivity contribution in [1.82, 2.24) is 18.5 Å². The van der Waals surface area contributed by atoms with Crippen molar-refractivity contribution in [3.8, 4) is 0 Å². The number of rotatable bonds is 5. The zero-order valence-electron chi connectivity index (χ0n) is 13.2. The van der Waals surface area contributed by atoms with Crippen LogP contribution in [0, 0.1) is 0 Å². The molecule has 0 unspecified atom stereocenters. The van der Waals surface area contributed by atoms with E-state index in [0.717, 1.165) is 17.3 Å². The maximum Gasteiger partial charge on any atom is 0.265 e. The summed E-state index contributed by atoms with van der Waals surface area (Å²) in [4.78, 5) is 0.0393. The van der Waals surface area contributed by atoms with Gasteiger partial charge in [-0.05, 0) is 17.7 Å². The van der Waals surface area contributed by atoms with E-state index < -0.39 is 10.0 Å². The topological polar surface area (TPSA) is 89.8 Å². The van der Waals surface area contributed by atoms with Gasteiger partial charge in [-0.2, -0.15) is 13.8 Å². The summed E-state index contributed by atoms with van der Waals surface area (Å²) < 4.78 is 37.6. The second-order valence-corrected chi connectivity index (χ2v) is 8.09. The fourth-order valence-corrected chi connectivity index (χ4v) is 4.54. The highest BCUT2D eigenvalue weighted by atomic mass is 35.5. The van der Waals surface area contributed by atoms with Crippen molar-refractivity contribution in [3.05, 3.63) is 65.3 Å². The van der Waals surface area contributed by atoms with Crippen LogP contribution < -0.4 is 4.72 Å². The number of anilines is 1. The molecule has 0 spiro atoms. The van der Waals surface area contributed by atoms with Crippen LogP contribution in [0.4, 0.5) is 5.82 Å². The molecular formula is C16H12ClN5O2S2. The summed E-state index contributed by atoms with van der Waals surface area (Å²) in [7, 11) is -3.90. The van der Waals surface area contributed by atoms with Gasteiger partial charge in [-0.15, -0.1) is 0 Å². The third kappa shape index (κ3) is 3.28. The van der Waals surface area contributed by atoms with Gasteiger partial charge in [-0.25, -0.2) is 8.42 Å². The first-order valence-electron chi connectivity index (χ1n) is 7.54. The Labute approximate surface area is 158 Å². The molecule has 4 rings (SSSR count). The highest BCUT2D eigenvalue weighted by Gasteiger charge is 2.22. The summed E-state index contributed by atoms with van der Waals surface area (Å²) in [6, 6.07) is 14.5. The molecule has 2 heterocycles. The van der Waals surface area contributed by atoms with Gasteiger partial charge in [0.25, 0.3) is 10.0 Å². The van der Waals surface area contributed by atoms with Crippen LogP contribution in [0.25, 0.3) is 11.0 Å². The maximum atomic E-state index is 12.8. The number of fused-ring (bicyclic) bond motifs is 1. The predicted octanol–water partition coefficient (Wildman–Crippen LogP) is 3.39. The third-order valence-electron chi connectivity index (χ3n) is 3.67. The zero-order chi connectivity index (χ0) is 18.1. The standard InChI is InChI=1S/C16H12ClN5O2S2/c17-12-10-22(9-11-5-2-1-3-6-11)18-16(12)21-26(23,24)14-8-4-7-13-15(14)20-25-19-13/h1-8,10H,9H2,(H,18,21). The lowest BCUT2D eigenvalue weighted by Crippen LogP contribution is -2.14. The minimum atomic E-state index is -3.90. The summed E-state index contributed by atoms with van der Waals surface area (Å²) in [5, 5.41) is 4.46. The third-order valence-corrected chi connectivity index (χ3v) is 5.86. The molecule has 2 aromatic heterocycles. The van der Waals surface area contributed by atoms with E-state index in [1.54, 1.807) is 23.0 Å². The van der Waals surface area contributed by atoms with Gasteiger partial charge >= 0.3 is 0 Å². The Kier molecular flexibility index (Phi) is 4.35. The second-order valence-electron chi connectivity index (χ2n) is 5.50. The molecule has 0 saturated carbocycles. The number of nitrogens with zero attached hydrogens (tertiary/aromatic N) is 4. The molecule has 0 amide bonds. The van der Waals surface area contributed by atoms with Crippen LogP contribution >= 0.6 is 23.3 Å². The summed E-state index contributed by atoms with van der Waals surface area (Å²) >= 11 is 7.13. The van der Waals surface area contributed by atoms with Gasteiger partial charge in [-0.3, -0.25) is 9.40 Å². The van der Waals surface area contributed by atoms with Crippen molar-refractivity contribution in [2.45, 2.75) is 11.4 Å². The van der Waals surface area contributed by atoms with Crippen LogP contribution in [-0.4, -0.2) is 26.9 Å². The number of halogens is 1. The first-order chi connectivity index (χ1) is 12.5. The monoisotopic (exact) mass is 405 g/mol. The Morgan fingerprint density at radius 3 is 2.69 bits per heavy atom. The molecule has 4 aromatic rings. The van der Waals surface area contributed by atoms with E-state index in [4.69, 9.17) is 11.6 Å². The van der Waals surface area contributed by atoms with Gasteiger partial charge in [0.15, 0.2) is 5.82 Å². The van der Waals surface area contributed by atoms with Gasteiger partial charge in [0.2, 0.25) is 0 Å². The molecule has 2 aromatic carbocycles. The van der Waals surface area contributed by atoms with Crippen LogP contribution in [0.3, 0.4) is 0 Å². The SMILES string of the molecule is O=S(=O)(Nc1nn(Cc2ccccc2)cc1Cl)c1cccc2nsnc12. The van der Waals surface area contributed by atoms with Gasteiger partial charge in [0.05, 0.1) is 18.3 Å². The van der Waals surface area contributed by atoms with E-state index in [1.807, 2.05) is 30.3 Å². The zero-order valence-corrected chi connectivity index (χ0v) is 15.6. The molecule has 10 heteroatoms. The first kappa shape index (κ1) is 17.0. The lowest BCUT2D eigenvalue weighted by Gasteiger charge is -2.06.